The number of aromatic nitrogens is 3. The summed E-state index contributed by atoms with van der Waals surface area (Å²) in [5.41, 5.74) is 1.98. The number of H-pyrrole nitrogens is 1. The van der Waals surface area contributed by atoms with E-state index < -0.39 is 17.5 Å². The van der Waals surface area contributed by atoms with Crippen molar-refractivity contribution >= 4 is 28.7 Å². The summed E-state index contributed by atoms with van der Waals surface area (Å²) >= 11 is 2.97. The molecule has 2 aromatic heterocycles. The Morgan fingerprint density at radius 2 is 2.11 bits per heavy atom. The molecule has 0 fully saturated rings. The van der Waals surface area contributed by atoms with Gasteiger partial charge in [-0.1, -0.05) is 37.6 Å². The molecule has 0 radical (unpaired) electrons. The Balaban J connectivity index is 1.57. The van der Waals surface area contributed by atoms with Crippen LogP contribution in [-0.4, -0.2) is 27.6 Å². The maximum Gasteiger partial charge on any atom is 0.439 e. The highest BCUT2D eigenvalue weighted by Gasteiger charge is 2.36. The smallest absolute Gasteiger partial charge is 0.439 e. The molecule has 0 aliphatic heterocycles. The third-order valence-corrected chi connectivity index (χ3v) is 7.81. The van der Waals surface area contributed by atoms with Crippen LogP contribution in [0.4, 0.5) is 13.2 Å². The molecule has 3 aromatic rings. The van der Waals surface area contributed by atoms with Crippen LogP contribution in [0.2, 0.25) is 0 Å². The van der Waals surface area contributed by atoms with Crippen molar-refractivity contribution in [1.29, 1.82) is 0 Å². The average Bonchev–Trinajstić information content (AvgIpc) is 3.46. The fourth-order valence-electron chi connectivity index (χ4n) is 3.97. The minimum Gasteiger partial charge on any atom is -0.488 e. The monoisotopic (exact) mass is 537 g/mol. The molecular weight excluding hydrogens is 511 g/mol. The van der Waals surface area contributed by atoms with E-state index in [0.29, 0.717) is 18.2 Å². The summed E-state index contributed by atoms with van der Waals surface area (Å²) in [4.78, 5) is 20.5. The second-order valence-electron chi connectivity index (χ2n) is 8.50. The van der Waals surface area contributed by atoms with Gasteiger partial charge in [0.25, 0.3) is 0 Å². The van der Waals surface area contributed by atoms with Crippen LogP contribution >= 0.6 is 23.1 Å². The summed E-state index contributed by atoms with van der Waals surface area (Å²) < 4.78 is 50.1. The Morgan fingerprint density at radius 3 is 2.75 bits per heavy atom. The number of allylic oxidation sites excluding steroid dienone is 4. The molecule has 1 aromatic carbocycles. The lowest BCUT2D eigenvalue weighted by Gasteiger charge is -2.21. The van der Waals surface area contributed by atoms with E-state index in [0.717, 1.165) is 50.9 Å². The van der Waals surface area contributed by atoms with Crippen LogP contribution in [0.25, 0.3) is 17.0 Å². The molecule has 2 heterocycles. The van der Waals surface area contributed by atoms with E-state index in [9.17, 15) is 18.0 Å². The van der Waals surface area contributed by atoms with E-state index in [1.54, 1.807) is 12.1 Å². The highest BCUT2D eigenvalue weighted by molar-refractivity contribution is 7.98. The quantitative estimate of drug-likeness (QED) is 0.295. The number of aromatic amines is 1. The summed E-state index contributed by atoms with van der Waals surface area (Å²) in [7, 11) is 0. The van der Waals surface area contributed by atoms with Gasteiger partial charge in [-0.25, -0.2) is 9.78 Å². The number of unbranched alkanes of at least 4 members (excludes halogenated alkanes) is 1. The van der Waals surface area contributed by atoms with Crippen LogP contribution < -0.4 is 10.5 Å². The van der Waals surface area contributed by atoms with Crippen molar-refractivity contribution in [3.8, 4) is 17.1 Å². The Labute approximate surface area is 214 Å². The minimum atomic E-state index is -4.31. The molecule has 1 aliphatic rings. The van der Waals surface area contributed by atoms with E-state index >= 15 is 0 Å². The first kappa shape index (κ1) is 26.3. The second kappa shape index (κ2) is 11.1. The maximum atomic E-state index is 13.1. The zero-order valence-corrected chi connectivity index (χ0v) is 21.7. The zero-order chi connectivity index (χ0) is 25.9. The van der Waals surface area contributed by atoms with E-state index in [1.165, 1.54) is 29.2 Å². The number of rotatable bonds is 9. The lowest BCUT2D eigenvalue weighted by atomic mass is 9.88. The molecule has 0 bridgehead atoms. The van der Waals surface area contributed by atoms with Crippen LogP contribution in [0.3, 0.4) is 0 Å². The van der Waals surface area contributed by atoms with Gasteiger partial charge in [-0.2, -0.15) is 13.2 Å². The summed E-state index contributed by atoms with van der Waals surface area (Å²) in [6, 6.07) is 5.48. The highest BCUT2D eigenvalue weighted by Crippen LogP contribution is 2.41. The largest absolute Gasteiger partial charge is 0.488 e. The SMILES string of the molecule is CCCCc1nc(C2=CC=C(C(F)(F)F)CC2C)sc1COc1ccc(-c2noc(=O)[nH]2)c(SC)c1. The van der Waals surface area contributed by atoms with E-state index in [2.05, 4.69) is 21.6 Å². The van der Waals surface area contributed by atoms with Gasteiger partial charge >= 0.3 is 11.9 Å². The molecule has 0 saturated carbocycles. The van der Waals surface area contributed by atoms with E-state index in [-0.39, 0.29) is 12.3 Å². The molecule has 0 spiro atoms. The topological polar surface area (TPSA) is 81.0 Å². The number of hydrogen-bond donors (Lipinski definition) is 1. The lowest BCUT2D eigenvalue weighted by molar-refractivity contribution is -0.0948. The van der Waals surface area contributed by atoms with Crippen molar-refractivity contribution in [2.45, 2.75) is 57.2 Å². The predicted octanol–water partition coefficient (Wildman–Crippen LogP) is 7.04. The van der Waals surface area contributed by atoms with Crippen molar-refractivity contribution in [3.63, 3.8) is 0 Å². The number of halogens is 3. The molecule has 0 saturated heterocycles. The average molecular weight is 538 g/mol. The van der Waals surface area contributed by atoms with Gasteiger partial charge < -0.3 is 4.74 Å². The Kier molecular flexibility index (Phi) is 8.09. The molecule has 1 aliphatic carbocycles. The van der Waals surface area contributed by atoms with E-state index in [1.807, 2.05) is 25.3 Å². The minimum absolute atomic E-state index is 0.0500. The number of hydrogen-bond acceptors (Lipinski definition) is 7. The number of alkyl halides is 3. The van der Waals surface area contributed by atoms with Gasteiger partial charge in [0.05, 0.1) is 10.6 Å². The van der Waals surface area contributed by atoms with Gasteiger partial charge in [-0.15, -0.1) is 23.1 Å². The molecule has 11 heteroatoms. The third kappa shape index (κ3) is 5.95. The molecule has 36 heavy (non-hydrogen) atoms. The molecule has 4 rings (SSSR count). The van der Waals surface area contributed by atoms with Gasteiger partial charge in [0, 0.05) is 16.0 Å². The van der Waals surface area contributed by atoms with Crippen LogP contribution in [0.5, 0.6) is 5.75 Å². The van der Waals surface area contributed by atoms with Gasteiger partial charge in [-0.3, -0.25) is 9.51 Å². The fraction of sp³-hybridized carbons (Fsp3) is 0.400. The Bertz CT molecular complexity index is 1340. The Hall–Kier alpha value is -2.79. The standard InChI is InChI=1S/C25H26F3N3O3S2/c1-4-5-6-19-21(36-23(29-19)17-9-7-15(11-14(17)2)25(26,27)28)13-33-16-8-10-18(20(12-16)35-3)22-30-24(32)34-31-22/h7-10,12,14H,4-6,11,13H2,1-3H3,(H,30,31,32). The van der Waals surface area contributed by atoms with Gasteiger partial charge in [0.1, 0.15) is 17.4 Å². The zero-order valence-electron chi connectivity index (χ0n) is 20.1. The molecule has 6 nitrogen and oxygen atoms in total. The molecule has 1 atom stereocenters. The third-order valence-electron chi connectivity index (χ3n) is 5.92. The number of nitrogens with one attached hydrogen (secondary N) is 1. The van der Waals surface area contributed by atoms with Crippen molar-refractivity contribution in [3.05, 3.63) is 62.1 Å². The van der Waals surface area contributed by atoms with Crippen molar-refractivity contribution in [2.24, 2.45) is 5.92 Å². The number of thioether (sulfide) groups is 1. The van der Waals surface area contributed by atoms with Crippen LogP contribution in [0.15, 0.2) is 50.1 Å². The number of nitrogens with zero attached hydrogens (tertiary/aromatic N) is 2. The first-order valence-corrected chi connectivity index (χ1v) is 13.6. The van der Waals surface area contributed by atoms with Crippen LogP contribution in [0.1, 0.15) is 48.7 Å². The normalized spacial score (nSPS) is 16.1. The highest BCUT2D eigenvalue weighted by atomic mass is 32.2. The van der Waals surface area contributed by atoms with Crippen molar-refractivity contribution in [1.82, 2.24) is 15.1 Å². The number of aryl methyl sites for hydroxylation is 1. The van der Waals surface area contributed by atoms with Gasteiger partial charge in [0.2, 0.25) is 0 Å². The molecular formula is C25H26F3N3O3S2. The Morgan fingerprint density at radius 1 is 1.31 bits per heavy atom. The second-order valence-corrected chi connectivity index (χ2v) is 10.4. The fourth-order valence-corrected chi connectivity index (χ4v) is 5.74. The number of ether oxygens (including phenoxy) is 1. The number of thiazole rings is 1. The van der Waals surface area contributed by atoms with Crippen LogP contribution in [0, 0.1) is 5.92 Å². The molecule has 1 unspecified atom stereocenters. The molecule has 192 valence electrons. The first-order chi connectivity index (χ1) is 17.2. The summed E-state index contributed by atoms with van der Waals surface area (Å²) in [6.07, 6.45) is 3.04. The van der Waals surface area contributed by atoms with Crippen molar-refractivity contribution in [2.75, 3.05) is 6.26 Å². The van der Waals surface area contributed by atoms with Gasteiger partial charge in [0.15, 0.2) is 5.82 Å². The van der Waals surface area contributed by atoms with Crippen molar-refractivity contribution < 1.29 is 22.4 Å². The lowest BCUT2D eigenvalue weighted by Crippen LogP contribution is -2.17. The van der Waals surface area contributed by atoms with Crippen LogP contribution in [-0.2, 0) is 13.0 Å². The summed E-state index contributed by atoms with van der Waals surface area (Å²) in [5, 5.41) is 4.50. The van der Waals surface area contributed by atoms with E-state index in [4.69, 9.17) is 9.72 Å². The first-order valence-electron chi connectivity index (χ1n) is 11.5. The predicted molar refractivity (Wildman–Crippen MR) is 135 cm³/mol. The molecule has 0 amide bonds. The number of benzene rings is 1. The van der Waals surface area contributed by atoms with Gasteiger partial charge in [-0.05, 0) is 55.2 Å². The summed E-state index contributed by atoms with van der Waals surface area (Å²) in [5.74, 6) is 0.103. The summed E-state index contributed by atoms with van der Waals surface area (Å²) in [6.45, 7) is 4.21. The molecule has 1 N–H and O–H groups in total. The maximum absolute atomic E-state index is 13.1.